The molecule has 0 saturated heterocycles. The minimum absolute atomic E-state index is 0.271. The minimum atomic E-state index is -3.15. The molecule has 0 unspecified atom stereocenters. The summed E-state index contributed by atoms with van der Waals surface area (Å²) in [6.45, 7) is -0.763. The first kappa shape index (κ1) is 11.5. The molecule has 0 fully saturated rings. The number of rotatable bonds is 4. The van der Waals surface area contributed by atoms with Crippen molar-refractivity contribution in [2.75, 3.05) is 13.7 Å². The van der Waals surface area contributed by atoms with Crippen LogP contribution in [0.5, 0.6) is 0 Å². The number of nitrogens with zero attached hydrogens (tertiary/aromatic N) is 1. The van der Waals surface area contributed by atoms with E-state index in [2.05, 4.69) is 9.72 Å². The number of aromatic carboxylic acids is 1. The van der Waals surface area contributed by atoms with Gasteiger partial charge in [0, 0.05) is 18.9 Å². The third-order valence-electron chi connectivity index (χ3n) is 1.73. The summed E-state index contributed by atoms with van der Waals surface area (Å²) in [7, 11) is 1.16. The molecule has 1 N–H and O–H groups in total. The molecule has 0 aromatic carbocycles. The van der Waals surface area contributed by atoms with Gasteiger partial charge in [0.2, 0.25) is 0 Å². The Morgan fingerprint density at radius 3 is 2.67 bits per heavy atom. The molecule has 0 radical (unpaired) electrons. The minimum Gasteiger partial charge on any atom is -0.477 e. The van der Waals surface area contributed by atoms with Crippen LogP contribution in [0.4, 0.5) is 8.78 Å². The molecular formula is C9H9F2NO3. The lowest BCUT2D eigenvalue weighted by Gasteiger charge is -2.14. The summed E-state index contributed by atoms with van der Waals surface area (Å²) in [5.41, 5.74) is -0.638. The summed E-state index contributed by atoms with van der Waals surface area (Å²) < 4.78 is 30.7. The van der Waals surface area contributed by atoms with Crippen molar-refractivity contribution >= 4 is 5.97 Å². The summed E-state index contributed by atoms with van der Waals surface area (Å²) in [5, 5.41) is 8.51. The van der Waals surface area contributed by atoms with Gasteiger partial charge in [-0.2, -0.15) is 8.78 Å². The number of methoxy groups -OCH3 is 1. The number of ether oxygens (including phenoxy) is 1. The maximum absolute atomic E-state index is 13.2. The van der Waals surface area contributed by atoms with Crippen LogP contribution in [0, 0.1) is 0 Å². The number of alkyl halides is 2. The monoisotopic (exact) mass is 217 g/mol. The SMILES string of the molecule is COCC(F)(F)c1ccc(C(=O)O)nc1. The van der Waals surface area contributed by atoms with Gasteiger partial charge in [0.15, 0.2) is 0 Å². The second kappa shape index (κ2) is 4.31. The van der Waals surface area contributed by atoms with Crippen LogP contribution in [-0.4, -0.2) is 29.8 Å². The van der Waals surface area contributed by atoms with E-state index in [1.807, 2.05) is 0 Å². The highest BCUT2D eigenvalue weighted by molar-refractivity contribution is 5.85. The molecule has 0 atom stereocenters. The molecule has 1 aromatic heterocycles. The van der Waals surface area contributed by atoms with Crippen LogP contribution in [0.1, 0.15) is 16.1 Å². The Bertz CT molecular complexity index is 351. The number of pyridine rings is 1. The fraction of sp³-hybridized carbons (Fsp3) is 0.333. The van der Waals surface area contributed by atoms with E-state index < -0.39 is 18.5 Å². The van der Waals surface area contributed by atoms with E-state index in [0.717, 1.165) is 25.4 Å². The lowest BCUT2D eigenvalue weighted by molar-refractivity contribution is -0.0700. The molecule has 1 aromatic rings. The van der Waals surface area contributed by atoms with E-state index >= 15 is 0 Å². The number of hydrogen-bond donors (Lipinski definition) is 1. The fourth-order valence-electron chi connectivity index (χ4n) is 1.00. The Labute approximate surface area is 84.5 Å². The van der Waals surface area contributed by atoms with Gasteiger partial charge in [0.05, 0.1) is 0 Å². The van der Waals surface area contributed by atoms with Crippen LogP contribution in [0.25, 0.3) is 0 Å². The largest absolute Gasteiger partial charge is 0.477 e. The van der Waals surface area contributed by atoms with E-state index in [4.69, 9.17) is 5.11 Å². The number of aromatic nitrogens is 1. The van der Waals surface area contributed by atoms with Crippen LogP contribution in [0.15, 0.2) is 18.3 Å². The van der Waals surface area contributed by atoms with E-state index in [-0.39, 0.29) is 11.3 Å². The zero-order valence-electron chi connectivity index (χ0n) is 7.91. The van der Waals surface area contributed by atoms with Crippen molar-refractivity contribution in [3.05, 3.63) is 29.6 Å². The second-order valence-corrected chi connectivity index (χ2v) is 2.87. The predicted octanol–water partition coefficient (Wildman–Crippen LogP) is 1.52. The predicted molar refractivity (Wildman–Crippen MR) is 47.0 cm³/mol. The molecular weight excluding hydrogens is 208 g/mol. The first-order chi connectivity index (χ1) is 6.97. The van der Waals surface area contributed by atoms with Crippen molar-refractivity contribution in [2.45, 2.75) is 5.92 Å². The topological polar surface area (TPSA) is 59.4 Å². The molecule has 0 amide bonds. The van der Waals surface area contributed by atoms with Crippen molar-refractivity contribution in [1.29, 1.82) is 0 Å². The van der Waals surface area contributed by atoms with Crippen LogP contribution < -0.4 is 0 Å². The summed E-state index contributed by atoms with van der Waals surface area (Å²) in [5.74, 6) is -4.41. The van der Waals surface area contributed by atoms with E-state index in [0.29, 0.717) is 0 Å². The fourth-order valence-corrected chi connectivity index (χ4v) is 1.00. The molecule has 1 heterocycles. The van der Waals surface area contributed by atoms with Gasteiger partial charge < -0.3 is 9.84 Å². The lowest BCUT2D eigenvalue weighted by Crippen LogP contribution is -2.20. The summed E-state index contributed by atoms with van der Waals surface area (Å²) >= 11 is 0. The molecule has 0 spiro atoms. The molecule has 1 rings (SSSR count). The summed E-state index contributed by atoms with van der Waals surface area (Å²) in [4.78, 5) is 13.8. The zero-order valence-corrected chi connectivity index (χ0v) is 7.91. The molecule has 0 aliphatic heterocycles. The van der Waals surface area contributed by atoms with Crippen LogP contribution in [-0.2, 0) is 10.7 Å². The van der Waals surface area contributed by atoms with Gasteiger partial charge in [-0.25, -0.2) is 9.78 Å². The first-order valence-electron chi connectivity index (χ1n) is 4.04. The zero-order chi connectivity index (χ0) is 11.5. The average Bonchev–Trinajstić information content (AvgIpc) is 2.18. The Balaban J connectivity index is 2.93. The highest BCUT2D eigenvalue weighted by atomic mass is 19.3. The van der Waals surface area contributed by atoms with Gasteiger partial charge >= 0.3 is 5.97 Å². The molecule has 0 aliphatic rings. The highest BCUT2D eigenvalue weighted by Crippen LogP contribution is 2.27. The Morgan fingerprint density at radius 2 is 2.27 bits per heavy atom. The van der Waals surface area contributed by atoms with Crippen LogP contribution >= 0.6 is 0 Å². The van der Waals surface area contributed by atoms with Crippen LogP contribution in [0.2, 0.25) is 0 Å². The van der Waals surface area contributed by atoms with E-state index in [1.165, 1.54) is 0 Å². The Morgan fingerprint density at radius 1 is 1.60 bits per heavy atom. The quantitative estimate of drug-likeness (QED) is 0.830. The maximum Gasteiger partial charge on any atom is 0.354 e. The number of carboxylic acid groups (broad SMARTS) is 1. The number of carbonyl (C=O) groups is 1. The number of halogens is 2. The molecule has 4 nitrogen and oxygen atoms in total. The van der Waals surface area contributed by atoms with Crippen molar-refractivity contribution in [1.82, 2.24) is 4.98 Å². The van der Waals surface area contributed by atoms with Gasteiger partial charge in [0.1, 0.15) is 12.3 Å². The maximum atomic E-state index is 13.2. The molecule has 6 heteroatoms. The molecule has 0 aliphatic carbocycles. The molecule has 0 bridgehead atoms. The molecule has 0 saturated carbocycles. The summed E-state index contributed by atoms with van der Waals surface area (Å²) in [6, 6.07) is 2.05. The van der Waals surface area contributed by atoms with Crippen molar-refractivity contribution < 1.29 is 23.4 Å². The Kier molecular flexibility index (Phi) is 3.31. The first-order valence-corrected chi connectivity index (χ1v) is 4.04. The third-order valence-corrected chi connectivity index (χ3v) is 1.73. The molecule has 82 valence electrons. The standard InChI is InChI=1S/C9H9F2NO3/c1-15-5-9(10,11)6-2-3-7(8(13)14)12-4-6/h2-4H,5H2,1H3,(H,13,14). The van der Waals surface area contributed by atoms with Crippen LogP contribution in [0.3, 0.4) is 0 Å². The number of carboxylic acids is 1. The second-order valence-electron chi connectivity index (χ2n) is 2.87. The molecule has 15 heavy (non-hydrogen) atoms. The lowest BCUT2D eigenvalue weighted by atomic mass is 10.1. The van der Waals surface area contributed by atoms with Gasteiger partial charge in [-0.3, -0.25) is 0 Å². The van der Waals surface area contributed by atoms with E-state index in [9.17, 15) is 13.6 Å². The normalized spacial score (nSPS) is 11.4. The van der Waals surface area contributed by atoms with Gasteiger partial charge in [-0.15, -0.1) is 0 Å². The highest BCUT2D eigenvalue weighted by Gasteiger charge is 2.31. The van der Waals surface area contributed by atoms with E-state index in [1.54, 1.807) is 0 Å². The van der Waals surface area contributed by atoms with Crippen molar-refractivity contribution in [2.24, 2.45) is 0 Å². The van der Waals surface area contributed by atoms with Crippen molar-refractivity contribution in [3.8, 4) is 0 Å². The Hall–Kier alpha value is -1.56. The van der Waals surface area contributed by atoms with Gasteiger partial charge in [-0.05, 0) is 12.1 Å². The van der Waals surface area contributed by atoms with Gasteiger partial charge in [-0.1, -0.05) is 0 Å². The number of hydrogen-bond acceptors (Lipinski definition) is 3. The smallest absolute Gasteiger partial charge is 0.354 e. The van der Waals surface area contributed by atoms with Gasteiger partial charge in [0.25, 0.3) is 5.92 Å². The average molecular weight is 217 g/mol. The summed E-state index contributed by atoms with van der Waals surface area (Å²) in [6.07, 6.45) is 0.836. The third kappa shape index (κ3) is 2.69. The van der Waals surface area contributed by atoms with Crippen molar-refractivity contribution in [3.63, 3.8) is 0 Å².